The predicted molar refractivity (Wildman–Crippen MR) is 72.5 cm³/mol. The van der Waals surface area contributed by atoms with Crippen molar-refractivity contribution in [3.63, 3.8) is 0 Å². The van der Waals surface area contributed by atoms with Crippen LogP contribution in [0.1, 0.15) is 60.3 Å². The van der Waals surface area contributed by atoms with Crippen LogP contribution < -0.4 is 0 Å². The van der Waals surface area contributed by atoms with Gasteiger partial charge in [0.15, 0.2) is 5.41 Å². The van der Waals surface area contributed by atoms with Gasteiger partial charge in [-0.25, -0.2) is 0 Å². The first-order valence-corrected chi connectivity index (χ1v) is 7.18. The van der Waals surface area contributed by atoms with Crippen LogP contribution in [0, 0.1) is 11.3 Å². The Balaban J connectivity index is 2.70. The monoisotopic (exact) mass is 270 g/mol. The Kier molecular flexibility index (Phi) is 4.99. The molecule has 0 amide bonds. The number of esters is 2. The summed E-state index contributed by atoms with van der Waals surface area (Å²) in [5, 5.41) is 0. The van der Waals surface area contributed by atoms with Crippen LogP contribution in [0.3, 0.4) is 0 Å². The van der Waals surface area contributed by atoms with Crippen LogP contribution in [-0.4, -0.2) is 24.1 Å². The van der Waals surface area contributed by atoms with Crippen LogP contribution >= 0.6 is 0 Å². The lowest BCUT2D eigenvalue weighted by Gasteiger charge is -2.23. The van der Waals surface area contributed by atoms with E-state index < -0.39 is 23.0 Å². The standard InChI is InChI=1S/C15H26O4/c1-6-8-9-18-12(16)15(10-11(15)7-2)13(17)19-14(3,4)5/h11H,6-10H2,1-5H3. The van der Waals surface area contributed by atoms with Crippen molar-refractivity contribution in [3.8, 4) is 0 Å². The minimum atomic E-state index is -1.03. The number of hydrogen-bond acceptors (Lipinski definition) is 4. The zero-order chi connectivity index (χ0) is 14.7. The van der Waals surface area contributed by atoms with Gasteiger partial charge in [0.05, 0.1) is 6.61 Å². The highest BCUT2D eigenvalue weighted by atomic mass is 16.6. The Morgan fingerprint density at radius 3 is 2.26 bits per heavy atom. The molecule has 0 radical (unpaired) electrons. The first-order chi connectivity index (χ1) is 8.78. The van der Waals surface area contributed by atoms with Gasteiger partial charge in [0, 0.05) is 0 Å². The third kappa shape index (κ3) is 3.71. The van der Waals surface area contributed by atoms with Gasteiger partial charge in [-0.15, -0.1) is 0 Å². The third-order valence-corrected chi connectivity index (χ3v) is 3.46. The molecular weight excluding hydrogens is 244 g/mol. The summed E-state index contributed by atoms with van der Waals surface area (Å²) < 4.78 is 10.6. The molecule has 0 heterocycles. The van der Waals surface area contributed by atoms with E-state index in [9.17, 15) is 9.59 Å². The Labute approximate surface area is 115 Å². The fourth-order valence-electron chi connectivity index (χ4n) is 2.21. The van der Waals surface area contributed by atoms with E-state index in [1.54, 1.807) is 0 Å². The molecule has 0 aromatic carbocycles. The second-order valence-electron chi connectivity index (χ2n) is 6.27. The Hall–Kier alpha value is -1.06. The number of rotatable bonds is 6. The van der Waals surface area contributed by atoms with E-state index in [0.29, 0.717) is 13.0 Å². The van der Waals surface area contributed by atoms with Gasteiger partial charge in [-0.05, 0) is 39.5 Å². The van der Waals surface area contributed by atoms with Crippen molar-refractivity contribution in [3.05, 3.63) is 0 Å². The lowest BCUT2D eigenvalue weighted by Crippen LogP contribution is -2.36. The van der Waals surface area contributed by atoms with E-state index in [-0.39, 0.29) is 5.92 Å². The van der Waals surface area contributed by atoms with Crippen molar-refractivity contribution in [1.82, 2.24) is 0 Å². The number of carbonyl (C=O) groups is 2. The largest absolute Gasteiger partial charge is 0.465 e. The molecule has 2 unspecified atom stereocenters. The molecule has 0 saturated heterocycles. The van der Waals surface area contributed by atoms with Crippen molar-refractivity contribution in [2.75, 3.05) is 6.61 Å². The maximum atomic E-state index is 12.3. The van der Waals surface area contributed by atoms with Gasteiger partial charge in [-0.3, -0.25) is 9.59 Å². The van der Waals surface area contributed by atoms with Crippen LogP contribution in [0.15, 0.2) is 0 Å². The smallest absolute Gasteiger partial charge is 0.324 e. The number of carbonyl (C=O) groups excluding carboxylic acids is 2. The van der Waals surface area contributed by atoms with E-state index in [0.717, 1.165) is 19.3 Å². The lowest BCUT2D eigenvalue weighted by molar-refractivity contribution is -0.172. The molecule has 0 spiro atoms. The van der Waals surface area contributed by atoms with Crippen molar-refractivity contribution in [2.45, 2.75) is 65.9 Å². The first-order valence-electron chi connectivity index (χ1n) is 7.18. The van der Waals surface area contributed by atoms with E-state index >= 15 is 0 Å². The summed E-state index contributed by atoms with van der Waals surface area (Å²) in [6.07, 6.45) is 3.14. The summed E-state index contributed by atoms with van der Waals surface area (Å²) in [4.78, 5) is 24.4. The Morgan fingerprint density at radius 2 is 1.84 bits per heavy atom. The molecule has 1 rings (SSSR count). The molecule has 1 aliphatic carbocycles. The summed E-state index contributed by atoms with van der Waals surface area (Å²) in [5.74, 6) is -0.758. The van der Waals surface area contributed by atoms with E-state index in [1.165, 1.54) is 0 Å². The Bertz CT molecular complexity index is 343. The van der Waals surface area contributed by atoms with Gasteiger partial charge < -0.3 is 9.47 Å². The van der Waals surface area contributed by atoms with Crippen LogP contribution in [0.5, 0.6) is 0 Å². The van der Waals surface area contributed by atoms with Crippen LogP contribution in [-0.2, 0) is 19.1 Å². The van der Waals surface area contributed by atoms with Crippen LogP contribution in [0.4, 0.5) is 0 Å². The summed E-state index contributed by atoms with van der Waals surface area (Å²) in [6, 6.07) is 0. The van der Waals surface area contributed by atoms with Gasteiger partial charge in [0.25, 0.3) is 0 Å². The van der Waals surface area contributed by atoms with E-state index in [1.807, 2.05) is 34.6 Å². The van der Waals surface area contributed by atoms with Gasteiger partial charge >= 0.3 is 11.9 Å². The van der Waals surface area contributed by atoms with E-state index in [2.05, 4.69) is 0 Å². The fraction of sp³-hybridized carbons (Fsp3) is 0.867. The minimum absolute atomic E-state index is 0.0662. The summed E-state index contributed by atoms with van der Waals surface area (Å²) >= 11 is 0. The molecular formula is C15H26O4. The molecule has 1 aliphatic rings. The zero-order valence-corrected chi connectivity index (χ0v) is 12.7. The molecule has 0 aromatic rings. The lowest BCUT2D eigenvalue weighted by atomic mass is 10.0. The molecule has 2 atom stereocenters. The fourth-order valence-corrected chi connectivity index (χ4v) is 2.21. The van der Waals surface area contributed by atoms with Crippen molar-refractivity contribution >= 4 is 11.9 Å². The average molecular weight is 270 g/mol. The van der Waals surface area contributed by atoms with Crippen molar-refractivity contribution < 1.29 is 19.1 Å². The Morgan fingerprint density at radius 1 is 1.21 bits per heavy atom. The number of unbranched alkanes of at least 4 members (excludes halogenated alkanes) is 1. The molecule has 0 N–H and O–H groups in total. The SMILES string of the molecule is CCCCOC(=O)C1(C(=O)OC(C)(C)C)CC1CC. The zero-order valence-electron chi connectivity index (χ0n) is 12.7. The molecule has 19 heavy (non-hydrogen) atoms. The number of ether oxygens (including phenoxy) is 2. The van der Waals surface area contributed by atoms with Crippen molar-refractivity contribution in [2.24, 2.45) is 11.3 Å². The molecule has 110 valence electrons. The van der Waals surface area contributed by atoms with Gasteiger partial charge in [0.1, 0.15) is 5.60 Å². The second-order valence-corrected chi connectivity index (χ2v) is 6.27. The molecule has 0 aliphatic heterocycles. The van der Waals surface area contributed by atoms with E-state index in [4.69, 9.17) is 9.47 Å². The molecule has 4 nitrogen and oxygen atoms in total. The summed E-state index contributed by atoms with van der Waals surface area (Å²) in [7, 11) is 0. The third-order valence-electron chi connectivity index (χ3n) is 3.46. The predicted octanol–water partition coefficient (Wildman–Crippen LogP) is 3.09. The minimum Gasteiger partial charge on any atom is -0.465 e. The second kappa shape index (κ2) is 5.93. The first kappa shape index (κ1) is 16.0. The number of hydrogen-bond donors (Lipinski definition) is 0. The van der Waals surface area contributed by atoms with Gasteiger partial charge in [0.2, 0.25) is 0 Å². The highest BCUT2D eigenvalue weighted by Gasteiger charge is 2.67. The molecule has 4 heteroatoms. The highest BCUT2D eigenvalue weighted by Crippen LogP contribution is 2.56. The highest BCUT2D eigenvalue weighted by molar-refractivity contribution is 6.04. The topological polar surface area (TPSA) is 52.6 Å². The van der Waals surface area contributed by atoms with Crippen molar-refractivity contribution in [1.29, 1.82) is 0 Å². The molecule has 1 saturated carbocycles. The van der Waals surface area contributed by atoms with Gasteiger partial charge in [-0.1, -0.05) is 26.7 Å². The van der Waals surface area contributed by atoms with Crippen LogP contribution in [0.25, 0.3) is 0 Å². The summed E-state index contributed by atoms with van der Waals surface area (Å²) in [6.45, 7) is 9.83. The maximum Gasteiger partial charge on any atom is 0.324 e. The molecule has 0 bridgehead atoms. The van der Waals surface area contributed by atoms with Crippen LogP contribution in [0.2, 0.25) is 0 Å². The molecule has 1 fully saturated rings. The normalized spacial score (nSPS) is 25.8. The molecule has 0 aromatic heterocycles. The quantitative estimate of drug-likeness (QED) is 0.423. The average Bonchev–Trinajstić information content (AvgIpc) is 3.02. The van der Waals surface area contributed by atoms with Gasteiger partial charge in [-0.2, -0.15) is 0 Å². The summed E-state index contributed by atoms with van der Waals surface area (Å²) in [5.41, 5.74) is -1.61. The maximum absolute atomic E-state index is 12.3.